The molecule has 6 nitrogen and oxygen atoms in total. The van der Waals surface area contributed by atoms with Crippen molar-refractivity contribution >= 4 is 27.6 Å². The topological polar surface area (TPSA) is 104 Å². The van der Waals surface area contributed by atoms with Gasteiger partial charge in [0.25, 0.3) is 0 Å². The van der Waals surface area contributed by atoms with E-state index in [9.17, 15) is 13.2 Å². The van der Waals surface area contributed by atoms with Crippen molar-refractivity contribution in [3.8, 4) is 0 Å². The summed E-state index contributed by atoms with van der Waals surface area (Å²) in [4.78, 5) is 10.4. The second-order valence-corrected chi connectivity index (χ2v) is 5.30. The number of aliphatic hydroxyl groups excluding tert-OH is 1. The highest BCUT2D eigenvalue weighted by molar-refractivity contribution is 7.89. The normalized spacial score (nSPS) is 13.3. The van der Waals surface area contributed by atoms with Gasteiger partial charge in [-0.1, -0.05) is 17.7 Å². The Bertz CT molecular complexity index is 516. The summed E-state index contributed by atoms with van der Waals surface area (Å²) < 4.78 is 25.3. The molecule has 0 aliphatic carbocycles. The largest absolute Gasteiger partial charge is 0.480 e. The summed E-state index contributed by atoms with van der Waals surface area (Å²) in [6.07, 6.45) is 0. The first kappa shape index (κ1) is 13.9. The van der Waals surface area contributed by atoms with Gasteiger partial charge in [0.1, 0.15) is 6.04 Å². The number of aliphatic carboxylic acids is 1. The van der Waals surface area contributed by atoms with E-state index in [1.165, 1.54) is 24.3 Å². The van der Waals surface area contributed by atoms with Gasteiger partial charge in [-0.25, -0.2) is 8.42 Å². The van der Waals surface area contributed by atoms with Crippen molar-refractivity contribution in [2.45, 2.75) is 10.9 Å². The predicted molar refractivity (Wildman–Crippen MR) is 60.3 cm³/mol. The molecule has 1 rings (SSSR count). The van der Waals surface area contributed by atoms with Crippen molar-refractivity contribution in [3.63, 3.8) is 0 Å². The molecule has 0 aliphatic heterocycles. The smallest absolute Gasteiger partial charge is 0.324 e. The van der Waals surface area contributed by atoms with E-state index in [1.807, 2.05) is 4.72 Å². The van der Waals surface area contributed by atoms with E-state index >= 15 is 0 Å². The van der Waals surface area contributed by atoms with E-state index in [-0.39, 0.29) is 9.92 Å². The highest BCUT2D eigenvalue weighted by atomic mass is 35.5. The van der Waals surface area contributed by atoms with Crippen LogP contribution in [0.4, 0.5) is 0 Å². The van der Waals surface area contributed by atoms with Crippen LogP contribution in [0.1, 0.15) is 0 Å². The monoisotopic (exact) mass is 279 g/mol. The van der Waals surface area contributed by atoms with Gasteiger partial charge in [0.15, 0.2) is 0 Å². The van der Waals surface area contributed by atoms with Crippen LogP contribution in [0, 0.1) is 0 Å². The molecule has 0 saturated heterocycles. The Hall–Kier alpha value is -1.15. The summed E-state index contributed by atoms with van der Waals surface area (Å²) in [5, 5.41) is 17.6. The number of benzene rings is 1. The van der Waals surface area contributed by atoms with Gasteiger partial charge in [0, 0.05) is 5.02 Å². The standard InChI is InChI=1S/C9H10ClNO5S/c10-6-2-1-3-7(4-6)17(15,16)11-8(5-12)9(13)14/h1-4,8,11-12H,5H2,(H,13,14)/t8-/m1/s1. The van der Waals surface area contributed by atoms with Gasteiger partial charge in [0.2, 0.25) is 10.0 Å². The molecule has 8 heteroatoms. The maximum atomic E-state index is 11.7. The van der Waals surface area contributed by atoms with Gasteiger partial charge in [0.05, 0.1) is 11.5 Å². The van der Waals surface area contributed by atoms with E-state index in [1.54, 1.807) is 0 Å². The summed E-state index contributed by atoms with van der Waals surface area (Å²) in [5.74, 6) is -1.46. The summed E-state index contributed by atoms with van der Waals surface area (Å²) in [5.41, 5.74) is 0. The number of carboxylic acid groups (broad SMARTS) is 1. The van der Waals surface area contributed by atoms with Crippen molar-refractivity contribution in [1.29, 1.82) is 0 Å². The Labute approximate surface area is 103 Å². The van der Waals surface area contributed by atoms with E-state index in [2.05, 4.69) is 0 Å². The highest BCUT2D eigenvalue weighted by Gasteiger charge is 2.24. The number of hydrogen-bond donors (Lipinski definition) is 3. The molecule has 17 heavy (non-hydrogen) atoms. The predicted octanol–water partition coefficient (Wildman–Crippen LogP) is 0.0638. The highest BCUT2D eigenvalue weighted by Crippen LogP contribution is 2.15. The summed E-state index contributed by atoms with van der Waals surface area (Å²) >= 11 is 5.63. The molecule has 0 aliphatic rings. The summed E-state index contributed by atoms with van der Waals surface area (Å²) in [7, 11) is -4.01. The zero-order valence-corrected chi connectivity index (χ0v) is 10.1. The molecular weight excluding hydrogens is 270 g/mol. The van der Waals surface area contributed by atoms with Crippen LogP contribution in [0.15, 0.2) is 29.2 Å². The number of aliphatic hydroxyl groups is 1. The summed E-state index contributed by atoms with van der Waals surface area (Å²) in [6.45, 7) is -0.838. The van der Waals surface area contributed by atoms with Crippen molar-refractivity contribution in [2.24, 2.45) is 0 Å². The molecule has 0 radical (unpaired) electrons. The van der Waals surface area contributed by atoms with Crippen molar-refractivity contribution < 1.29 is 23.4 Å². The molecule has 0 saturated carbocycles. The van der Waals surface area contributed by atoms with E-state index < -0.39 is 28.6 Å². The zero-order valence-electron chi connectivity index (χ0n) is 8.50. The molecule has 1 aromatic rings. The molecule has 0 aromatic heterocycles. The SMILES string of the molecule is O=C(O)[C@@H](CO)NS(=O)(=O)c1cccc(Cl)c1. The van der Waals surface area contributed by atoms with Crippen LogP contribution in [0.2, 0.25) is 5.02 Å². The van der Waals surface area contributed by atoms with E-state index in [0.29, 0.717) is 0 Å². The van der Waals surface area contributed by atoms with Crippen LogP contribution in [0.5, 0.6) is 0 Å². The van der Waals surface area contributed by atoms with Crippen LogP contribution in [-0.4, -0.2) is 37.2 Å². The molecule has 3 N–H and O–H groups in total. The van der Waals surface area contributed by atoms with Crippen LogP contribution >= 0.6 is 11.6 Å². The molecule has 94 valence electrons. The molecule has 0 heterocycles. The van der Waals surface area contributed by atoms with Gasteiger partial charge in [-0.3, -0.25) is 4.79 Å². The minimum absolute atomic E-state index is 0.162. The van der Waals surface area contributed by atoms with Crippen molar-refractivity contribution in [1.82, 2.24) is 4.72 Å². The fraction of sp³-hybridized carbons (Fsp3) is 0.222. The number of halogens is 1. The van der Waals surface area contributed by atoms with Crippen LogP contribution < -0.4 is 4.72 Å². The fourth-order valence-corrected chi connectivity index (χ4v) is 2.54. The third-order valence-electron chi connectivity index (χ3n) is 1.88. The quantitative estimate of drug-likeness (QED) is 0.707. The average Bonchev–Trinajstić information content (AvgIpc) is 2.25. The molecule has 0 bridgehead atoms. The van der Waals surface area contributed by atoms with Crippen LogP contribution in [0.3, 0.4) is 0 Å². The van der Waals surface area contributed by atoms with Crippen LogP contribution in [0.25, 0.3) is 0 Å². The molecule has 1 atom stereocenters. The van der Waals surface area contributed by atoms with Gasteiger partial charge < -0.3 is 10.2 Å². The Morgan fingerprint density at radius 2 is 2.12 bits per heavy atom. The second-order valence-electron chi connectivity index (χ2n) is 3.15. The number of carboxylic acids is 1. The molecule has 0 unspecified atom stereocenters. The summed E-state index contributed by atoms with van der Waals surface area (Å²) in [6, 6.07) is 3.77. The van der Waals surface area contributed by atoms with Crippen molar-refractivity contribution in [2.75, 3.05) is 6.61 Å². The van der Waals surface area contributed by atoms with Gasteiger partial charge >= 0.3 is 5.97 Å². The van der Waals surface area contributed by atoms with Gasteiger partial charge in [-0.15, -0.1) is 0 Å². The van der Waals surface area contributed by atoms with E-state index in [4.69, 9.17) is 21.8 Å². The minimum Gasteiger partial charge on any atom is -0.480 e. The lowest BCUT2D eigenvalue weighted by atomic mass is 10.3. The number of nitrogens with one attached hydrogen (secondary N) is 1. The zero-order chi connectivity index (χ0) is 13.1. The molecular formula is C9H10ClNO5S. The fourth-order valence-electron chi connectivity index (χ4n) is 1.06. The molecule has 1 aromatic carbocycles. The third kappa shape index (κ3) is 3.67. The third-order valence-corrected chi connectivity index (χ3v) is 3.59. The second kappa shape index (κ2) is 5.46. The minimum atomic E-state index is -4.01. The van der Waals surface area contributed by atoms with E-state index in [0.717, 1.165) is 0 Å². The first-order chi connectivity index (χ1) is 7.86. The number of rotatable bonds is 5. The Kier molecular flexibility index (Phi) is 4.47. The maximum Gasteiger partial charge on any atom is 0.324 e. The van der Waals surface area contributed by atoms with Gasteiger partial charge in [-0.05, 0) is 18.2 Å². The molecule has 0 spiro atoms. The Morgan fingerprint density at radius 1 is 1.47 bits per heavy atom. The lowest BCUT2D eigenvalue weighted by molar-refractivity contribution is -0.139. The first-order valence-corrected chi connectivity index (χ1v) is 6.34. The lowest BCUT2D eigenvalue weighted by Gasteiger charge is -2.12. The molecule has 0 amide bonds. The number of carbonyl (C=O) groups is 1. The Balaban J connectivity index is 3.00. The average molecular weight is 280 g/mol. The lowest BCUT2D eigenvalue weighted by Crippen LogP contribution is -2.43. The Morgan fingerprint density at radius 3 is 2.59 bits per heavy atom. The number of sulfonamides is 1. The van der Waals surface area contributed by atoms with Crippen LogP contribution in [-0.2, 0) is 14.8 Å². The van der Waals surface area contributed by atoms with Crippen molar-refractivity contribution in [3.05, 3.63) is 29.3 Å². The maximum absolute atomic E-state index is 11.7. The van der Waals surface area contributed by atoms with Gasteiger partial charge in [-0.2, -0.15) is 4.72 Å². The molecule has 0 fully saturated rings. The first-order valence-electron chi connectivity index (χ1n) is 4.48. The number of hydrogen-bond acceptors (Lipinski definition) is 4.